The number of likely N-dealkylation sites (tertiary alicyclic amines) is 1. The van der Waals surface area contributed by atoms with Crippen LogP contribution in [0.3, 0.4) is 0 Å². The molecule has 3 aromatic heterocycles. The standard InChI is InChI=1S/C28H20FN9O3/c29-21-8-17(9-25-26(21)34-35-38(25)18-3-4-22-23(10-18)33-28(41)32-22)24-5-6-31-37(24)12-16-2-1-15(11-30)7-20(16)27(40)36-13-19(39)14-36/h1-10,19,39H,12-14H2,(H2,32,33,41). The summed E-state index contributed by atoms with van der Waals surface area (Å²) in [5.74, 6) is -0.850. The highest BCUT2D eigenvalue weighted by Gasteiger charge is 2.31. The van der Waals surface area contributed by atoms with E-state index >= 15 is 4.39 Å². The number of carbonyl (C=O) groups excluding carboxylic acids is 1. The molecule has 12 nitrogen and oxygen atoms in total. The van der Waals surface area contributed by atoms with Crippen molar-refractivity contribution in [1.82, 2.24) is 39.6 Å². The van der Waals surface area contributed by atoms with Crippen molar-refractivity contribution in [1.29, 1.82) is 5.26 Å². The number of aromatic nitrogens is 7. The molecule has 0 unspecified atom stereocenters. The highest BCUT2D eigenvalue weighted by atomic mass is 19.1. The maximum atomic E-state index is 15.3. The minimum absolute atomic E-state index is 0.0826. The molecule has 0 aliphatic carbocycles. The lowest BCUT2D eigenvalue weighted by atomic mass is 10.0. The largest absolute Gasteiger partial charge is 0.389 e. The molecule has 1 saturated heterocycles. The third-order valence-corrected chi connectivity index (χ3v) is 7.20. The summed E-state index contributed by atoms with van der Waals surface area (Å²) in [6.45, 7) is 0.645. The van der Waals surface area contributed by atoms with Gasteiger partial charge in [-0.05, 0) is 54.1 Å². The molecule has 13 heteroatoms. The number of aromatic amines is 2. The minimum Gasteiger partial charge on any atom is -0.389 e. The van der Waals surface area contributed by atoms with Gasteiger partial charge in [0.25, 0.3) is 5.91 Å². The number of imidazole rings is 1. The summed E-state index contributed by atoms with van der Waals surface area (Å²) < 4.78 is 18.4. The van der Waals surface area contributed by atoms with Crippen LogP contribution in [0.1, 0.15) is 21.5 Å². The smallest absolute Gasteiger partial charge is 0.323 e. The average molecular weight is 550 g/mol. The highest BCUT2D eigenvalue weighted by Crippen LogP contribution is 2.29. The number of carbonyl (C=O) groups is 1. The number of halogens is 1. The van der Waals surface area contributed by atoms with Crippen LogP contribution < -0.4 is 5.69 Å². The van der Waals surface area contributed by atoms with E-state index in [0.717, 1.165) is 0 Å². The van der Waals surface area contributed by atoms with Crippen LogP contribution in [-0.2, 0) is 6.54 Å². The fourth-order valence-electron chi connectivity index (χ4n) is 5.11. The van der Waals surface area contributed by atoms with Crippen molar-refractivity contribution in [3.63, 3.8) is 0 Å². The van der Waals surface area contributed by atoms with Crippen molar-refractivity contribution in [2.75, 3.05) is 13.1 Å². The number of hydrogen-bond donors (Lipinski definition) is 3. The van der Waals surface area contributed by atoms with Crippen LogP contribution in [0.5, 0.6) is 0 Å². The van der Waals surface area contributed by atoms with Gasteiger partial charge in [0.1, 0.15) is 5.52 Å². The molecule has 1 fully saturated rings. The first kappa shape index (κ1) is 24.4. The number of fused-ring (bicyclic) bond motifs is 2. The molecule has 7 rings (SSSR count). The van der Waals surface area contributed by atoms with Crippen LogP contribution in [-0.4, -0.2) is 69.8 Å². The fraction of sp³-hybridized carbons (Fsp3) is 0.143. The second-order valence-electron chi connectivity index (χ2n) is 9.86. The molecule has 3 N–H and O–H groups in total. The van der Waals surface area contributed by atoms with Crippen molar-refractivity contribution in [3.05, 3.63) is 93.8 Å². The normalized spacial score (nSPS) is 13.5. The Labute approximate surface area is 229 Å². The first-order valence-electron chi connectivity index (χ1n) is 12.7. The molecule has 41 heavy (non-hydrogen) atoms. The lowest BCUT2D eigenvalue weighted by Crippen LogP contribution is -2.53. The van der Waals surface area contributed by atoms with Gasteiger partial charge < -0.3 is 20.0 Å². The van der Waals surface area contributed by atoms with Gasteiger partial charge >= 0.3 is 5.69 Å². The van der Waals surface area contributed by atoms with Crippen LogP contribution in [0.2, 0.25) is 0 Å². The van der Waals surface area contributed by atoms with Gasteiger partial charge in [-0.1, -0.05) is 11.3 Å². The van der Waals surface area contributed by atoms with Crippen molar-refractivity contribution in [2.45, 2.75) is 12.6 Å². The van der Waals surface area contributed by atoms with Crippen LogP contribution in [0.4, 0.5) is 4.39 Å². The fourth-order valence-corrected chi connectivity index (χ4v) is 5.11. The summed E-state index contributed by atoms with van der Waals surface area (Å²) in [5.41, 5.74) is 4.36. The zero-order chi connectivity index (χ0) is 28.2. The van der Waals surface area contributed by atoms with E-state index in [0.29, 0.717) is 50.2 Å². The van der Waals surface area contributed by atoms with E-state index in [1.54, 1.807) is 53.3 Å². The maximum absolute atomic E-state index is 15.3. The molecule has 1 amide bonds. The summed E-state index contributed by atoms with van der Waals surface area (Å²) in [5, 5.41) is 31.7. The second-order valence-corrected chi connectivity index (χ2v) is 9.86. The van der Waals surface area contributed by atoms with E-state index in [1.165, 1.54) is 21.7 Å². The van der Waals surface area contributed by atoms with Gasteiger partial charge in [0, 0.05) is 30.4 Å². The molecule has 6 aromatic rings. The van der Waals surface area contributed by atoms with Crippen LogP contribution in [0, 0.1) is 17.1 Å². The first-order valence-corrected chi connectivity index (χ1v) is 12.7. The predicted molar refractivity (Wildman–Crippen MR) is 145 cm³/mol. The predicted octanol–water partition coefficient (Wildman–Crippen LogP) is 2.33. The van der Waals surface area contributed by atoms with Crippen LogP contribution >= 0.6 is 0 Å². The van der Waals surface area contributed by atoms with Crippen LogP contribution in [0.25, 0.3) is 39.0 Å². The molecule has 3 aromatic carbocycles. The molecule has 0 radical (unpaired) electrons. The number of benzene rings is 3. The van der Waals surface area contributed by atoms with E-state index in [-0.39, 0.29) is 36.7 Å². The molecule has 0 atom stereocenters. The van der Waals surface area contributed by atoms with Gasteiger partial charge in [0.2, 0.25) is 0 Å². The van der Waals surface area contributed by atoms with Crippen LogP contribution in [0.15, 0.2) is 65.6 Å². The molecular weight excluding hydrogens is 529 g/mol. The van der Waals surface area contributed by atoms with Crippen molar-refractivity contribution >= 4 is 28.0 Å². The Morgan fingerprint density at radius 2 is 1.93 bits per heavy atom. The number of nitrogens with zero attached hydrogens (tertiary/aromatic N) is 7. The summed E-state index contributed by atoms with van der Waals surface area (Å²) >= 11 is 0. The van der Waals surface area contributed by atoms with E-state index in [9.17, 15) is 20.0 Å². The van der Waals surface area contributed by atoms with E-state index in [2.05, 4.69) is 31.4 Å². The Hall–Kier alpha value is -5.61. The number of H-pyrrole nitrogens is 2. The number of hydrogen-bond acceptors (Lipinski definition) is 7. The van der Waals surface area contributed by atoms with Gasteiger partial charge in [-0.2, -0.15) is 10.4 Å². The highest BCUT2D eigenvalue weighted by molar-refractivity contribution is 5.96. The molecule has 4 heterocycles. The summed E-state index contributed by atoms with van der Waals surface area (Å²) in [6.07, 6.45) is 1.03. The summed E-state index contributed by atoms with van der Waals surface area (Å²) in [6, 6.07) is 17.0. The molecule has 1 aliphatic rings. The number of aliphatic hydroxyl groups is 1. The number of β-amino-alcohol motifs (C(OH)–C–C–N with tert-alkyl or cyclic N) is 1. The van der Waals surface area contributed by atoms with Crippen molar-refractivity contribution < 1.29 is 14.3 Å². The van der Waals surface area contributed by atoms with E-state index < -0.39 is 11.9 Å². The third kappa shape index (κ3) is 4.14. The zero-order valence-electron chi connectivity index (χ0n) is 21.2. The van der Waals surface area contributed by atoms with Gasteiger partial charge in [-0.25, -0.2) is 13.9 Å². The molecule has 0 bridgehead atoms. The van der Waals surface area contributed by atoms with Crippen molar-refractivity contribution in [3.8, 4) is 23.0 Å². The quantitative estimate of drug-likeness (QED) is 0.297. The first-order chi connectivity index (χ1) is 19.9. The Balaban J connectivity index is 1.28. The zero-order valence-corrected chi connectivity index (χ0v) is 21.2. The van der Waals surface area contributed by atoms with Gasteiger partial charge in [0.05, 0.1) is 52.2 Å². The van der Waals surface area contributed by atoms with Gasteiger partial charge in [-0.15, -0.1) is 5.10 Å². The number of aliphatic hydroxyl groups excluding tert-OH is 1. The summed E-state index contributed by atoms with van der Waals surface area (Å²) in [7, 11) is 0. The molecule has 0 saturated carbocycles. The Morgan fingerprint density at radius 1 is 1.10 bits per heavy atom. The molecule has 1 aliphatic heterocycles. The Bertz CT molecular complexity index is 2090. The van der Waals surface area contributed by atoms with Gasteiger partial charge in [0.15, 0.2) is 5.82 Å². The number of nitriles is 1. The lowest BCUT2D eigenvalue weighted by Gasteiger charge is -2.36. The monoisotopic (exact) mass is 549 g/mol. The molecule has 0 spiro atoms. The number of rotatable bonds is 5. The van der Waals surface area contributed by atoms with Gasteiger partial charge in [-0.3, -0.25) is 9.48 Å². The van der Waals surface area contributed by atoms with E-state index in [1.807, 2.05) is 0 Å². The third-order valence-electron chi connectivity index (χ3n) is 7.20. The maximum Gasteiger partial charge on any atom is 0.323 e. The molecule has 202 valence electrons. The second kappa shape index (κ2) is 9.25. The number of nitrogens with one attached hydrogen (secondary N) is 2. The lowest BCUT2D eigenvalue weighted by molar-refractivity contribution is 0.00581. The SMILES string of the molecule is N#Cc1ccc(Cn2nccc2-c2cc(F)c3nnn(-c4ccc5[nH]c(=O)[nH]c5c4)c3c2)c(C(=O)N2CC(O)C2)c1. The topological polar surface area (TPSA) is 162 Å². The summed E-state index contributed by atoms with van der Waals surface area (Å²) in [4.78, 5) is 31.7. The molecular formula is C28H20FN9O3. The van der Waals surface area contributed by atoms with E-state index in [4.69, 9.17) is 0 Å². The number of amides is 1. The Kier molecular flexibility index (Phi) is 5.51. The Morgan fingerprint density at radius 3 is 2.73 bits per heavy atom. The van der Waals surface area contributed by atoms with Crippen molar-refractivity contribution in [2.24, 2.45) is 0 Å². The average Bonchev–Trinajstić information content (AvgIpc) is 3.68. The minimum atomic E-state index is -0.571.